The second kappa shape index (κ2) is 6.73. The van der Waals surface area contributed by atoms with Crippen LogP contribution >= 0.6 is 15.9 Å². The molecule has 0 saturated heterocycles. The van der Waals surface area contributed by atoms with Gasteiger partial charge in [-0.1, -0.05) is 34.1 Å². The van der Waals surface area contributed by atoms with Gasteiger partial charge in [-0.15, -0.1) is 0 Å². The fraction of sp³-hybridized carbons (Fsp3) is 0.0667. The van der Waals surface area contributed by atoms with Crippen molar-refractivity contribution in [2.24, 2.45) is 0 Å². The van der Waals surface area contributed by atoms with Crippen molar-refractivity contribution in [3.8, 4) is 17.6 Å². The summed E-state index contributed by atoms with van der Waals surface area (Å²) in [5.41, 5.74) is 0.309. The predicted octanol–water partition coefficient (Wildman–Crippen LogP) is 3.31. The highest BCUT2D eigenvalue weighted by Crippen LogP contribution is 2.19. The Balaban J connectivity index is 1.95. The third-order valence-corrected chi connectivity index (χ3v) is 2.88. The maximum absolute atomic E-state index is 11.7. The SMILES string of the molecule is N#Cc1ccccc1OC(=O)COc1cccc(Br)c1. The Bertz CT molecular complexity index is 664. The van der Waals surface area contributed by atoms with Crippen molar-refractivity contribution in [1.82, 2.24) is 0 Å². The summed E-state index contributed by atoms with van der Waals surface area (Å²) in [6, 6.07) is 15.6. The summed E-state index contributed by atoms with van der Waals surface area (Å²) in [6.07, 6.45) is 0. The number of ether oxygens (including phenoxy) is 2. The van der Waals surface area contributed by atoms with Crippen LogP contribution in [0.25, 0.3) is 0 Å². The van der Waals surface area contributed by atoms with Crippen LogP contribution in [0.4, 0.5) is 0 Å². The van der Waals surface area contributed by atoms with E-state index in [1.54, 1.807) is 42.5 Å². The van der Waals surface area contributed by atoms with Gasteiger partial charge in [-0.3, -0.25) is 0 Å². The summed E-state index contributed by atoms with van der Waals surface area (Å²) in [7, 11) is 0. The normalized spacial score (nSPS) is 9.60. The van der Waals surface area contributed by atoms with Crippen molar-refractivity contribution < 1.29 is 14.3 Å². The van der Waals surface area contributed by atoms with Crippen molar-refractivity contribution >= 4 is 21.9 Å². The molecule has 0 radical (unpaired) electrons. The summed E-state index contributed by atoms with van der Waals surface area (Å²) in [4.78, 5) is 11.7. The fourth-order valence-corrected chi connectivity index (χ4v) is 1.88. The Kier molecular flexibility index (Phi) is 4.75. The smallest absolute Gasteiger partial charge is 0.349 e. The van der Waals surface area contributed by atoms with Gasteiger partial charge < -0.3 is 9.47 Å². The highest BCUT2D eigenvalue weighted by Gasteiger charge is 2.09. The molecule has 0 spiro atoms. The molecule has 4 nitrogen and oxygen atoms in total. The molecule has 0 saturated carbocycles. The van der Waals surface area contributed by atoms with Crippen LogP contribution < -0.4 is 9.47 Å². The minimum Gasteiger partial charge on any atom is -0.482 e. The van der Waals surface area contributed by atoms with Crippen LogP contribution in [0.5, 0.6) is 11.5 Å². The van der Waals surface area contributed by atoms with E-state index in [0.717, 1.165) is 4.47 Å². The molecule has 0 heterocycles. The standard InChI is InChI=1S/C15H10BrNO3/c16-12-5-3-6-13(8-12)19-10-15(18)20-14-7-2-1-4-11(14)9-17/h1-8H,10H2. The molecule has 0 amide bonds. The summed E-state index contributed by atoms with van der Waals surface area (Å²) < 4.78 is 11.3. The molecule has 0 unspecified atom stereocenters. The van der Waals surface area contributed by atoms with E-state index in [-0.39, 0.29) is 12.4 Å². The number of para-hydroxylation sites is 1. The Morgan fingerprint density at radius 1 is 1.20 bits per heavy atom. The Morgan fingerprint density at radius 2 is 2.00 bits per heavy atom. The number of carbonyl (C=O) groups excluding carboxylic acids is 1. The second-order valence-corrected chi connectivity index (χ2v) is 4.74. The van der Waals surface area contributed by atoms with E-state index in [1.165, 1.54) is 0 Å². The van der Waals surface area contributed by atoms with E-state index in [4.69, 9.17) is 14.7 Å². The molecule has 20 heavy (non-hydrogen) atoms. The van der Waals surface area contributed by atoms with E-state index < -0.39 is 5.97 Å². The molecular formula is C15H10BrNO3. The van der Waals surface area contributed by atoms with Gasteiger partial charge in [0.15, 0.2) is 6.61 Å². The lowest BCUT2D eigenvalue weighted by atomic mass is 10.2. The number of halogens is 1. The molecule has 5 heteroatoms. The van der Waals surface area contributed by atoms with Crippen LogP contribution in [0.3, 0.4) is 0 Å². The van der Waals surface area contributed by atoms with Crippen LogP contribution in [0.2, 0.25) is 0 Å². The minimum atomic E-state index is -0.562. The van der Waals surface area contributed by atoms with Crippen LogP contribution in [0.1, 0.15) is 5.56 Å². The molecule has 0 aliphatic carbocycles. The van der Waals surface area contributed by atoms with Gasteiger partial charge in [0.1, 0.15) is 17.6 Å². The van der Waals surface area contributed by atoms with Crippen LogP contribution in [-0.2, 0) is 4.79 Å². The minimum absolute atomic E-state index is 0.226. The Labute approximate surface area is 124 Å². The van der Waals surface area contributed by atoms with Crippen LogP contribution in [0.15, 0.2) is 53.0 Å². The monoisotopic (exact) mass is 331 g/mol. The first kappa shape index (κ1) is 14.1. The first-order valence-corrected chi connectivity index (χ1v) is 6.56. The summed E-state index contributed by atoms with van der Waals surface area (Å²) >= 11 is 3.31. The highest BCUT2D eigenvalue weighted by atomic mass is 79.9. The second-order valence-electron chi connectivity index (χ2n) is 3.83. The molecular weight excluding hydrogens is 322 g/mol. The van der Waals surface area contributed by atoms with Gasteiger partial charge >= 0.3 is 5.97 Å². The average Bonchev–Trinajstić information content (AvgIpc) is 2.46. The lowest BCUT2D eigenvalue weighted by Crippen LogP contribution is -2.18. The number of nitrogens with zero attached hydrogens (tertiary/aromatic N) is 1. The molecule has 0 aliphatic rings. The third-order valence-electron chi connectivity index (χ3n) is 2.38. The zero-order valence-corrected chi connectivity index (χ0v) is 12.0. The number of nitriles is 1. The van der Waals surface area contributed by atoms with E-state index in [9.17, 15) is 4.79 Å². The first-order chi connectivity index (χ1) is 9.69. The molecule has 2 aromatic carbocycles. The van der Waals surface area contributed by atoms with Gasteiger partial charge in [0.25, 0.3) is 0 Å². The van der Waals surface area contributed by atoms with Gasteiger partial charge in [0.05, 0.1) is 5.56 Å². The van der Waals surface area contributed by atoms with Gasteiger partial charge in [-0.25, -0.2) is 4.79 Å². The number of hydrogen-bond acceptors (Lipinski definition) is 4. The van der Waals surface area contributed by atoms with Crippen molar-refractivity contribution in [1.29, 1.82) is 5.26 Å². The molecule has 0 bridgehead atoms. The van der Waals surface area contributed by atoms with E-state index in [1.807, 2.05) is 12.1 Å². The van der Waals surface area contributed by atoms with E-state index in [2.05, 4.69) is 15.9 Å². The van der Waals surface area contributed by atoms with Gasteiger partial charge in [0, 0.05) is 4.47 Å². The number of carbonyl (C=O) groups is 1. The largest absolute Gasteiger partial charge is 0.482 e. The third kappa shape index (κ3) is 3.84. The molecule has 0 atom stereocenters. The molecule has 0 N–H and O–H groups in total. The predicted molar refractivity (Wildman–Crippen MR) is 76.4 cm³/mol. The Hall–Kier alpha value is -2.32. The maximum atomic E-state index is 11.7. The quantitative estimate of drug-likeness (QED) is 0.637. The van der Waals surface area contributed by atoms with Crippen LogP contribution in [0, 0.1) is 11.3 Å². The fourth-order valence-electron chi connectivity index (χ4n) is 1.50. The summed E-state index contributed by atoms with van der Waals surface area (Å²) in [5, 5.41) is 8.89. The van der Waals surface area contributed by atoms with Crippen molar-refractivity contribution in [2.45, 2.75) is 0 Å². The lowest BCUT2D eigenvalue weighted by Gasteiger charge is -2.07. The zero-order valence-electron chi connectivity index (χ0n) is 10.4. The van der Waals surface area contributed by atoms with Crippen molar-refractivity contribution in [3.63, 3.8) is 0 Å². The lowest BCUT2D eigenvalue weighted by molar-refractivity contribution is -0.136. The molecule has 0 aliphatic heterocycles. The number of rotatable bonds is 4. The Morgan fingerprint density at radius 3 is 2.75 bits per heavy atom. The molecule has 0 fully saturated rings. The van der Waals surface area contributed by atoms with E-state index in [0.29, 0.717) is 11.3 Å². The topological polar surface area (TPSA) is 59.3 Å². The van der Waals surface area contributed by atoms with E-state index >= 15 is 0 Å². The highest BCUT2D eigenvalue weighted by molar-refractivity contribution is 9.10. The van der Waals surface area contributed by atoms with Crippen molar-refractivity contribution in [3.05, 3.63) is 58.6 Å². The van der Waals surface area contributed by atoms with Gasteiger partial charge in [0.2, 0.25) is 0 Å². The maximum Gasteiger partial charge on any atom is 0.349 e. The molecule has 2 rings (SSSR count). The summed E-state index contributed by atoms with van der Waals surface area (Å²) in [5.74, 6) is 0.232. The van der Waals surface area contributed by atoms with Gasteiger partial charge in [-0.05, 0) is 30.3 Å². The number of benzene rings is 2. The van der Waals surface area contributed by atoms with Crippen molar-refractivity contribution in [2.75, 3.05) is 6.61 Å². The summed E-state index contributed by atoms with van der Waals surface area (Å²) in [6.45, 7) is -0.226. The number of hydrogen-bond donors (Lipinski definition) is 0. The molecule has 2 aromatic rings. The van der Waals surface area contributed by atoms with Gasteiger partial charge in [-0.2, -0.15) is 5.26 Å². The van der Waals surface area contributed by atoms with Crippen LogP contribution in [-0.4, -0.2) is 12.6 Å². The number of esters is 1. The first-order valence-electron chi connectivity index (χ1n) is 5.77. The average molecular weight is 332 g/mol. The molecule has 100 valence electrons. The molecule has 0 aromatic heterocycles. The zero-order chi connectivity index (χ0) is 14.4.